The van der Waals surface area contributed by atoms with Crippen molar-refractivity contribution < 1.29 is 5.11 Å². The number of rotatable bonds is 1. The van der Waals surface area contributed by atoms with E-state index in [-0.39, 0.29) is 11.3 Å². The van der Waals surface area contributed by atoms with Gasteiger partial charge in [0.1, 0.15) is 16.6 Å². The summed E-state index contributed by atoms with van der Waals surface area (Å²) < 4.78 is 0. The van der Waals surface area contributed by atoms with Crippen molar-refractivity contribution in [3.63, 3.8) is 0 Å². The Morgan fingerprint density at radius 3 is 2.67 bits per heavy atom. The minimum absolute atomic E-state index is 0.201. The molecule has 0 fully saturated rings. The molecule has 0 saturated heterocycles. The zero-order chi connectivity index (χ0) is 12.7. The second-order valence-corrected chi connectivity index (χ2v) is 4.85. The number of H-pyrrole nitrogens is 1. The highest BCUT2D eigenvalue weighted by Crippen LogP contribution is 2.28. The summed E-state index contributed by atoms with van der Waals surface area (Å²) in [5.41, 5.74) is 0.986. The molecule has 2 aromatic heterocycles. The number of hydrogen-bond donors (Lipinski definition) is 2. The topological polar surface area (TPSA) is 78.9 Å². The highest BCUT2D eigenvalue weighted by atomic mass is 32.1. The first-order valence-electron chi connectivity index (χ1n) is 5.30. The fourth-order valence-electron chi connectivity index (χ4n) is 1.67. The third-order valence-electron chi connectivity index (χ3n) is 2.50. The van der Waals surface area contributed by atoms with Gasteiger partial charge in [-0.1, -0.05) is 11.3 Å². The van der Waals surface area contributed by atoms with E-state index in [4.69, 9.17) is 0 Å². The predicted octanol–water partition coefficient (Wildman–Crippen LogP) is 2.06. The van der Waals surface area contributed by atoms with Gasteiger partial charge in [0.05, 0.1) is 0 Å². The number of aromatic hydroxyl groups is 1. The highest BCUT2D eigenvalue weighted by molar-refractivity contribution is 7.21. The number of aryl methyl sites for hydroxylation is 1. The van der Waals surface area contributed by atoms with Crippen LogP contribution in [0, 0.1) is 6.92 Å². The van der Waals surface area contributed by atoms with Gasteiger partial charge in [-0.15, -0.1) is 0 Å². The third kappa shape index (κ3) is 1.76. The Hall–Kier alpha value is -2.21. The molecule has 0 unspecified atom stereocenters. The Balaban J connectivity index is 2.22. The number of phenolic OH excluding ortho intramolecular Hbond substituents is 1. The summed E-state index contributed by atoms with van der Waals surface area (Å²) in [6.45, 7) is 1.74. The smallest absolute Gasteiger partial charge is 0.278 e. The zero-order valence-electron chi connectivity index (χ0n) is 9.47. The Labute approximate surface area is 106 Å². The van der Waals surface area contributed by atoms with Gasteiger partial charge < -0.3 is 10.1 Å². The number of aromatic amines is 1. The quantitative estimate of drug-likeness (QED) is 0.701. The SMILES string of the molecule is Cc1nc2sc(-c3ccc(O)cc3)nc2c(=O)[nH]1. The van der Waals surface area contributed by atoms with Crippen molar-refractivity contribution in [2.24, 2.45) is 0 Å². The molecule has 1 aromatic carbocycles. The van der Waals surface area contributed by atoms with Crippen LogP contribution in [0.2, 0.25) is 0 Å². The van der Waals surface area contributed by atoms with Crippen LogP contribution in [0.5, 0.6) is 5.75 Å². The summed E-state index contributed by atoms with van der Waals surface area (Å²) in [5.74, 6) is 0.778. The standard InChI is InChI=1S/C12H9N3O2S/c1-6-13-10(17)9-12(14-6)18-11(15-9)7-2-4-8(16)5-3-7/h2-5,16H,1H3,(H,13,14,17). The fourth-order valence-corrected chi connectivity index (χ4v) is 2.66. The van der Waals surface area contributed by atoms with Gasteiger partial charge in [0, 0.05) is 5.56 Å². The second kappa shape index (κ2) is 3.92. The lowest BCUT2D eigenvalue weighted by molar-refractivity contribution is 0.475. The van der Waals surface area contributed by atoms with Crippen molar-refractivity contribution in [1.29, 1.82) is 0 Å². The summed E-state index contributed by atoms with van der Waals surface area (Å²) >= 11 is 1.36. The third-order valence-corrected chi connectivity index (χ3v) is 3.50. The summed E-state index contributed by atoms with van der Waals surface area (Å²) in [7, 11) is 0. The molecule has 0 atom stereocenters. The molecule has 18 heavy (non-hydrogen) atoms. The molecule has 0 saturated carbocycles. The summed E-state index contributed by atoms with van der Waals surface area (Å²) in [4.78, 5) is 23.5. The van der Waals surface area contributed by atoms with E-state index in [0.717, 1.165) is 5.56 Å². The molecular weight excluding hydrogens is 250 g/mol. The molecule has 0 radical (unpaired) electrons. The van der Waals surface area contributed by atoms with Crippen molar-refractivity contribution >= 4 is 21.7 Å². The summed E-state index contributed by atoms with van der Waals surface area (Å²) in [5, 5.41) is 9.96. The average molecular weight is 259 g/mol. The van der Waals surface area contributed by atoms with Crippen molar-refractivity contribution in [2.45, 2.75) is 6.92 Å². The van der Waals surface area contributed by atoms with Crippen LogP contribution in [0.25, 0.3) is 20.9 Å². The Bertz CT molecular complexity index is 774. The minimum atomic E-state index is -0.223. The molecule has 0 aliphatic carbocycles. The predicted molar refractivity (Wildman–Crippen MR) is 69.9 cm³/mol. The molecular formula is C12H9N3O2S. The normalized spacial score (nSPS) is 10.9. The van der Waals surface area contributed by atoms with E-state index in [1.54, 1.807) is 31.2 Å². The van der Waals surface area contributed by atoms with E-state index in [9.17, 15) is 9.90 Å². The molecule has 3 rings (SSSR count). The first-order valence-corrected chi connectivity index (χ1v) is 6.12. The van der Waals surface area contributed by atoms with E-state index in [1.807, 2.05) is 0 Å². The van der Waals surface area contributed by atoms with Crippen LogP contribution >= 0.6 is 11.3 Å². The lowest BCUT2D eigenvalue weighted by Gasteiger charge is -1.94. The molecule has 90 valence electrons. The van der Waals surface area contributed by atoms with E-state index in [0.29, 0.717) is 21.2 Å². The van der Waals surface area contributed by atoms with Gasteiger partial charge in [0.15, 0.2) is 10.3 Å². The number of benzene rings is 1. The monoisotopic (exact) mass is 259 g/mol. The number of fused-ring (bicyclic) bond motifs is 1. The van der Waals surface area contributed by atoms with Crippen LogP contribution in [-0.2, 0) is 0 Å². The minimum Gasteiger partial charge on any atom is -0.508 e. The first-order chi connectivity index (χ1) is 8.63. The lowest BCUT2D eigenvalue weighted by Crippen LogP contribution is -2.08. The number of aromatic nitrogens is 3. The Morgan fingerprint density at radius 2 is 1.94 bits per heavy atom. The zero-order valence-corrected chi connectivity index (χ0v) is 10.3. The van der Waals surface area contributed by atoms with Gasteiger partial charge in [0.2, 0.25) is 0 Å². The molecule has 0 spiro atoms. The maximum atomic E-state index is 11.7. The van der Waals surface area contributed by atoms with Gasteiger partial charge in [-0.3, -0.25) is 4.79 Å². The van der Waals surface area contributed by atoms with Crippen LogP contribution < -0.4 is 5.56 Å². The van der Waals surface area contributed by atoms with Gasteiger partial charge in [0.25, 0.3) is 5.56 Å². The number of thiazole rings is 1. The summed E-state index contributed by atoms with van der Waals surface area (Å²) in [6.07, 6.45) is 0. The Kier molecular flexibility index (Phi) is 2.38. The lowest BCUT2D eigenvalue weighted by atomic mass is 10.2. The van der Waals surface area contributed by atoms with E-state index in [2.05, 4.69) is 15.0 Å². The largest absolute Gasteiger partial charge is 0.508 e. The fraction of sp³-hybridized carbons (Fsp3) is 0.0833. The molecule has 0 aliphatic heterocycles. The maximum absolute atomic E-state index is 11.7. The first kappa shape index (κ1) is 10.9. The van der Waals surface area contributed by atoms with Gasteiger partial charge in [-0.25, -0.2) is 9.97 Å². The van der Waals surface area contributed by atoms with Crippen molar-refractivity contribution in [2.75, 3.05) is 0 Å². The van der Waals surface area contributed by atoms with Crippen LogP contribution in [0.4, 0.5) is 0 Å². The molecule has 0 aliphatic rings. The van der Waals surface area contributed by atoms with E-state index < -0.39 is 0 Å². The number of hydrogen-bond acceptors (Lipinski definition) is 5. The van der Waals surface area contributed by atoms with Crippen LogP contribution in [0.1, 0.15) is 5.82 Å². The van der Waals surface area contributed by atoms with E-state index >= 15 is 0 Å². The molecule has 6 heteroatoms. The second-order valence-electron chi connectivity index (χ2n) is 3.87. The Morgan fingerprint density at radius 1 is 1.22 bits per heavy atom. The summed E-state index contributed by atoms with van der Waals surface area (Å²) in [6, 6.07) is 6.69. The van der Waals surface area contributed by atoms with Crippen LogP contribution in [-0.4, -0.2) is 20.1 Å². The van der Waals surface area contributed by atoms with Gasteiger partial charge in [-0.05, 0) is 31.2 Å². The number of nitrogens with one attached hydrogen (secondary N) is 1. The van der Waals surface area contributed by atoms with Crippen molar-refractivity contribution in [3.8, 4) is 16.3 Å². The molecule has 0 amide bonds. The van der Waals surface area contributed by atoms with Crippen LogP contribution in [0.15, 0.2) is 29.1 Å². The van der Waals surface area contributed by atoms with Gasteiger partial charge >= 0.3 is 0 Å². The van der Waals surface area contributed by atoms with Gasteiger partial charge in [-0.2, -0.15) is 0 Å². The highest BCUT2D eigenvalue weighted by Gasteiger charge is 2.10. The molecule has 5 nitrogen and oxygen atoms in total. The average Bonchev–Trinajstić information content (AvgIpc) is 2.74. The molecule has 2 heterocycles. The maximum Gasteiger partial charge on any atom is 0.278 e. The van der Waals surface area contributed by atoms with Crippen LogP contribution in [0.3, 0.4) is 0 Å². The molecule has 0 bridgehead atoms. The molecule has 2 N–H and O–H groups in total. The molecule has 3 aromatic rings. The number of phenols is 1. The van der Waals surface area contributed by atoms with Crippen molar-refractivity contribution in [1.82, 2.24) is 15.0 Å². The van der Waals surface area contributed by atoms with E-state index in [1.165, 1.54) is 11.3 Å². The van der Waals surface area contributed by atoms with Crippen molar-refractivity contribution in [3.05, 3.63) is 40.4 Å². The number of nitrogens with zero attached hydrogens (tertiary/aromatic N) is 2.